The minimum absolute atomic E-state index is 0.0645. The summed E-state index contributed by atoms with van der Waals surface area (Å²) in [4.78, 5) is 29.0. The first-order chi connectivity index (χ1) is 12.1. The van der Waals surface area contributed by atoms with Crippen LogP contribution in [0.1, 0.15) is 29.6 Å². The van der Waals surface area contributed by atoms with Crippen molar-refractivity contribution in [2.45, 2.75) is 25.3 Å². The van der Waals surface area contributed by atoms with Crippen LogP contribution in [0.3, 0.4) is 0 Å². The van der Waals surface area contributed by atoms with Gasteiger partial charge < -0.3 is 24.6 Å². The van der Waals surface area contributed by atoms with Gasteiger partial charge in [0.1, 0.15) is 6.04 Å². The molecule has 2 aliphatic heterocycles. The molecule has 2 aliphatic rings. The van der Waals surface area contributed by atoms with Gasteiger partial charge in [0.2, 0.25) is 12.7 Å². The number of rotatable bonds is 6. The van der Waals surface area contributed by atoms with Crippen LogP contribution in [0.25, 0.3) is 0 Å². The second-order valence-electron chi connectivity index (χ2n) is 6.67. The van der Waals surface area contributed by atoms with E-state index in [1.165, 1.54) is 0 Å². The number of carbonyl (C=O) groups is 2. The molecule has 0 aromatic heterocycles. The minimum atomic E-state index is -0.391. The second kappa shape index (κ2) is 7.74. The van der Waals surface area contributed by atoms with Crippen molar-refractivity contribution < 1.29 is 19.1 Å². The zero-order chi connectivity index (χ0) is 17.8. The highest BCUT2D eigenvalue weighted by Crippen LogP contribution is 2.33. The van der Waals surface area contributed by atoms with Gasteiger partial charge in [-0.2, -0.15) is 0 Å². The van der Waals surface area contributed by atoms with E-state index in [-0.39, 0.29) is 18.6 Å². The molecule has 25 heavy (non-hydrogen) atoms. The van der Waals surface area contributed by atoms with Crippen molar-refractivity contribution in [1.82, 2.24) is 15.1 Å². The van der Waals surface area contributed by atoms with Crippen LogP contribution in [0.15, 0.2) is 18.2 Å². The molecule has 0 saturated carbocycles. The van der Waals surface area contributed by atoms with Gasteiger partial charge in [-0.1, -0.05) is 0 Å². The van der Waals surface area contributed by atoms with Gasteiger partial charge in [0, 0.05) is 18.7 Å². The number of amides is 2. The van der Waals surface area contributed by atoms with Crippen LogP contribution in [-0.4, -0.2) is 68.2 Å². The molecule has 2 heterocycles. The molecule has 1 atom stereocenters. The molecule has 1 fully saturated rings. The normalized spacial score (nSPS) is 18.7. The highest BCUT2D eigenvalue weighted by Gasteiger charge is 2.34. The molecule has 0 bridgehead atoms. The Morgan fingerprint density at radius 1 is 1.28 bits per heavy atom. The van der Waals surface area contributed by atoms with Gasteiger partial charge in [-0.25, -0.2) is 0 Å². The summed E-state index contributed by atoms with van der Waals surface area (Å²) in [5, 5.41) is 2.95. The number of fused-ring (bicyclic) bond motifs is 1. The molecule has 0 radical (unpaired) electrons. The van der Waals surface area contributed by atoms with Crippen LogP contribution >= 0.6 is 0 Å². The maximum Gasteiger partial charge on any atom is 0.254 e. The van der Waals surface area contributed by atoms with E-state index in [1.54, 1.807) is 23.1 Å². The Bertz CT molecular complexity index is 647. The maximum atomic E-state index is 12.8. The lowest BCUT2D eigenvalue weighted by molar-refractivity contribution is -0.124. The maximum absolute atomic E-state index is 12.8. The first-order valence-corrected chi connectivity index (χ1v) is 8.69. The Morgan fingerprint density at radius 3 is 2.88 bits per heavy atom. The lowest BCUT2D eigenvalue weighted by Crippen LogP contribution is -2.46. The summed E-state index contributed by atoms with van der Waals surface area (Å²) in [6.07, 6.45) is 2.43. The Labute approximate surface area is 147 Å². The average molecular weight is 347 g/mol. The number of likely N-dealkylation sites (tertiary alicyclic amines) is 1. The Hall–Kier alpha value is -2.28. The quantitative estimate of drug-likeness (QED) is 0.780. The van der Waals surface area contributed by atoms with E-state index >= 15 is 0 Å². The van der Waals surface area contributed by atoms with Gasteiger partial charge in [0.05, 0.1) is 0 Å². The van der Waals surface area contributed by atoms with E-state index in [0.717, 1.165) is 19.4 Å². The molecule has 2 amide bonds. The molecule has 1 saturated heterocycles. The van der Waals surface area contributed by atoms with Gasteiger partial charge in [-0.15, -0.1) is 0 Å². The highest BCUT2D eigenvalue weighted by molar-refractivity contribution is 5.98. The molecule has 7 nitrogen and oxygen atoms in total. The SMILES string of the molecule is CN(C)CCCNC(=O)C1CCCN1C(=O)c1ccc2c(c1)OCO2. The number of nitrogens with zero attached hydrogens (tertiary/aromatic N) is 2. The molecule has 0 spiro atoms. The number of hydrogen-bond acceptors (Lipinski definition) is 5. The summed E-state index contributed by atoms with van der Waals surface area (Å²) >= 11 is 0. The Morgan fingerprint density at radius 2 is 2.08 bits per heavy atom. The van der Waals surface area contributed by atoms with Crippen LogP contribution in [0.4, 0.5) is 0 Å². The largest absolute Gasteiger partial charge is 0.454 e. The van der Waals surface area contributed by atoms with E-state index in [1.807, 2.05) is 14.1 Å². The topological polar surface area (TPSA) is 71.1 Å². The van der Waals surface area contributed by atoms with Gasteiger partial charge >= 0.3 is 0 Å². The van der Waals surface area contributed by atoms with E-state index < -0.39 is 6.04 Å². The average Bonchev–Trinajstić information content (AvgIpc) is 3.25. The van der Waals surface area contributed by atoms with Crippen molar-refractivity contribution in [3.05, 3.63) is 23.8 Å². The molecule has 3 rings (SSSR count). The fraction of sp³-hybridized carbons (Fsp3) is 0.556. The predicted octanol–water partition coefficient (Wildman–Crippen LogP) is 1.09. The van der Waals surface area contributed by atoms with Crippen LogP contribution in [0.5, 0.6) is 11.5 Å². The summed E-state index contributed by atoms with van der Waals surface area (Å²) in [6, 6.07) is 4.76. The zero-order valence-electron chi connectivity index (χ0n) is 14.8. The standard InChI is InChI=1S/C18H25N3O4/c1-20(2)9-4-8-19-17(22)14-5-3-10-21(14)18(23)13-6-7-15-16(11-13)25-12-24-15/h6-7,11,14H,3-5,8-10,12H2,1-2H3,(H,19,22). The molecule has 1 aromatic rings. The third-order valence-electron chi connectivity index (χ3n) is 4.52. The Balaban J connectivity index is 1.60. The first-order valence-electron chi connectivity index (χ1n) is 8.69. The number of ether oxygens (including phenoxy) is 2. The molecular formula is C18H25N3O4. The van der Waals surface area contributed by atoms with E-state index in [2.05, 4.69) is 10.2 Å². The van der Waals surface area contributed by atoms with Crippen LogP contribution < -0.4 is 14.8 Å². The second-order valence-corrected chi connectivity index (χ2v) is 6.67. The van der Waals surface area contributed by atoms with Crippen molar-refractivity contribution in [3.63, 3.8) is 0 Å². The van der Waals surface area contributed by atoms with Crippen molar-refractivity contribution in [1.29, 1.82) is 0 Å². The minimum Gasteiger partial charge on any atom is -0.454 e. The third-order valence-corrected chi connectivity index (χ3v) is 4.52. The third kappa shape index (κ3) is 4.04. The summed E-state index contributed by atoms with van der Waals surface area (Å²) in [5.74, 6) is 1.03. The van der Waals surface area contributed by atoms with Gasteiger partial charge in [-0.05, 0) is 58.1 Å². The number of benzene rings is 1. The molecule has 136 valence electrons. The van der Waals surface area contributed by atoms with E-state index in [9.17, 15) is 9.59 Å². The van der Waals surface area contributed by atoms with Crippen LogP contribution in [0.2, 0.25) is 0 Å². The molecule has 7 heteroatoms. The van der Waals surface area contributed by atoms with Crippen molar-refractivity contribution in [3.8, 4) is 11.5 Å². The highest BCUT2D eigenvalue weighted by atomic mass is 16.7. The van der Waals surface area contributed by atoms with Crippen LogP contribution in [-0.2, 0) is 4.79 Å². The van der Waals surface area contributed by atoms with Crippen molar-refractivity contribution >= 4 is 11.8 Å². The summed E-state index contributed by atoms with van der Waals surface area (Å²) in [7, 11) is 4.01. The van der Waals surface area contributed by atoms with E-state index in [0.29, 0.717) is 36.6 Å². The smallest absolute Gasteiger partial charge is 0.254 e. The van der Waals surface area contributed by atoms with Gasteiger partial charge in [0.25, 0.3) is 5.91 Å². The lowest BCUT2D eigenvalue weighted by atomic mass is 10.1. The predicted molar refractivity (Wildman–Crippen MR) is 92.8 cm³/mol. The molecule has 0 aliphatic carbocycles. The van der Waals surface area contributed by atoms with Crippen molar-refractivity contribution in [2.24, 2.45) is 0 Å². The van der Waals surface area contributed by atoms with Crippen molar-refractivity contribution in [2.75, 3.05) is 40.5 Å². The first kappa shape index (κ1) is 17.5. The fourth-order valence-electron chi connectivity index (χ4n) is 3.20. The monoisotopic (exact) mass is 347 g/mol. The van der Waals surface area contributed by atoms with E-state index in [4.69, 9.17) is 9.47 Å². The van der Waals surface area contributed by atoms with Gasteiger partial charge in [0.15, 0.2) is 11.5 Å². The number of hydrogen-bond donors (Lipinski definition) is 1. The van der Waals surface area contributed by atoms with Gasteiger partial charge in [-0.3, -0.25) is 9.59 Å². The molecule has 1 N–H and O–H groups in total. The Kier molecular flexibility index (Phi) is 5.43. The summed E-state index contributed by atoms with van der Waals surface area (Å²) < 4.78 is 10.6. The fourth-order valence-corrected chi connectivity index (χ4v) is 3.20. The summed E-state index contributed by atoms with van der Waals surface area (Å²) in [5.41, 5.74) is 0.525. The molecule has 1 aromatic carbocycles. The molecular weight excluding hydrogens is 322 g/mol. The number of carbonyl (C=O) groups excluding carboxylic acids is 2. The number of nitrogens with one attached hydrogen (secondary N) is 1. The molecule has 1 unspecified atom stereocenters. The zero-order valence-corrected chi connectivity index (χ0v) is 14.8. The summed E-state index contributed by atoms with van der Waals surface area (Å²) in [6.45, 7) is 2.32. The van der Waals surface area contributed by atoms with Crippen LogP contribution in [0, 0.1) is 0 Å². The lowest BCUT2D eigenvalue weighted by Gasteiger charge is -2.24.